The van der Waals surface area contributed by atoms with Gasteiger partial charge in [-0.2, -0.15) is 0 Å². The molecule has 0 spiro atoms. The van der Waals surface area contributed by atoms with Crippen LogP contribution in [0.15, 0.2) is 29.3 Å². The third-order valence-electron chi connectivity index (χ3n) is 3.88. The van der Waals surface area contributed by atoms with Crippen molar-refractivity contribution in [3.05, 3.63) is 51.0 Å². The number of aromatic nitrogens is 1. The lowest BCUT2D eigenvalue weighted by molar-refractivity contribution is 0.476. The Kier molecular flexibility index (Phi) is 6.16. The molecule has 1 aromatic heterocycles. The van der Waals surface area contributed by atoms with E-state index in [-0.39, 0.29) is 0 Å². The largest absolute Gasteiger partial charge is 0.356 e. The van der Waals surface area contributed by atoms with E-state index in [2.05, 4.69) is 72.3 Å². The van der Waals surface area contributed by atoms with Crippen LogP contribution in [-0.2, 0) is 13.0 Å². The molecule has 0 amide bonds. The van der Waals surface area contributed by atoms with Gasteiger partial charge in [-0.25, -0.2) is 4.98 Å². The maximum Gasteiger partial charge on any atom is 0.193 e. The molecule has 4 nitrogen and oxygen atoms in total. The molecule has 0 fully saturated rings. The Hall–Kier alpha value is -1.88. The number of hydrogen-bond donors (Lipinski definition) is 1. The Morgan fingerprint density at radius 1 is 1.26 bits per heavy atom. The van der Waals surface area contributed by atoms with Crippen LogP contribution in [0.25, 0.3) is 0 Å². The van der Waals surface area contributed by atoms with E-state index < -0.39 is 0 Å². The highest BCUT2D eigenvalue weighted by molar-refractivity contribution is 7.11. The topological polar surface area (TPSA) is 40.5 Å². The molecule has 0 radical (unpaired) electrons. The molecule has 0 saturated carbocycles. The number of nitrogens with one attached hydrogen (secondary N) is 1. The number of guanidine groups is 1. The van der Waals surface area contributed by atoms with Crippen molar-refractivity contribution in [2.24, 2.45) is 4.99 Å². The number of thiazole rings is 1. The Morgan fingerprint density at radius 3 is 2.61 bits per heavy atom. The summed E-state index contributed by atoms with van der Waals surface area (Å²) in [7, 11) is 3.91. The smallest absolute Gasteiger partial charge is 0.193 e. The molecule has 0 aliphatic carbocycles. The highest BCUT2D eigenvalue weighted by atomic mass is 32.1. The third kappa shape index (κ3) is 4.79. The van der Waals surface area contributed by atoms with Crippen molar-refractivity contribution in [2.75, 3.05) is 20.6 Å². The first kappa shape index (κ1) is 17.5. The number of rotatable bonds is 5. The first-order valence-corrected chi connectivity index (χ1v) is 8.72. The molecule has 0 aliphatic rings. The van der Waals surface area contributed by atoms with E-state index in [9.17, 15) is 0 Å². The van der Waals surface area contributed by atoms with E-state index in [1.165, 1.54) is 16.0 Å². The number of hydrogen-bond acceptors (Lipinski definition) is 3. The first-order chi connectivity index (χ1) is 11.0. The Morgan fingerprint density at radius 2 is 2.00 bits per heavy atom. The number of nitrogens with zero attached hydrogens (tertiary/aromatic N) is 3. The zero-order chi connectivity index (χ0) is 16.8. The fourth-order valence-electron chi connectivity index (χ4n) is 2.60. The van der Waals surface area contributed by atoms with E-state index in [0.717, 1.165) is 36.2 Å². The lowest BCUT2D eigenvalue weighted by Gasteiger charge is -2.23. The van der Waals surface area contributed by atoms with Crippen LogP contribution in [0.5, 0.6) is 0 Å². The van der Waals surface area contributed by atoms with E-state index in [1.54, 1.807) is 11.3 Å². The van der Waals surface area contributed by atoms with Crippen molar-refractivity contribution in [3.63, 3.8) is 0 Å². The summed E-state index contributed by atoms with van der Waals surface area (Å²) in [5.41, 5.74) is 3.79. The van der Waals surface area contributed by atoms with Crippen LogP contribution in [0.3, 0.4) is 0 Å². The maximum atomic E-state index is 4.48. The van der Waals surface area contributed by atoms with Crippen LogP contribution in [0.1, 0.15) is 26.7 Å². The average molecular weight is 331 g/mol. The van der Waals surface area contributed by atoms with Crippen LogP contribution in [0, 0.1) is 20.8 Å². The highest BCUT2D eigenvalue weighted by Crippen LogP contribution is 2.17. The minimum absolute atomic E-state index is 0.852. The summed E-state index contributed by atoms with van der Waals surface area (Å²) in [6, 6.07) is 8.48. The van der Waals surface area contributed by atoms with Crippen LogP contribution in [0.4, 0.5) is 0 Å². The van der Waals surface area contributed by atoms with Crippen molar-refractivity contribution in [3.8, 4) is 0 Å². The van der Waals surface area contributed by atoms with Gasteiger partial charge in [0.05, 0.1) is 10.7 Å². The van der Waals surface area contributed by atoms with Gasteiger partial charge in [-0.1, -0.05) is 24.3 Å². The summed E-state index contributed by atoms with van der Waals surface area (Å²) >= 11 is 1.78. The van der Waals surface area contributed by atoms with Gasteiger partial charge in [0.1, 0.15) is 0 Å². The predicted octanol–water partition coefficient (Wildman–Crippen LogP) is 3.32. The predicted molar refractivity (Wildman–Crippen MR) is 99.3 cm³/mol. The third-order valence-corrected chi connectivity index (χ3v) is 5.01. The second kappa shape index (κ2) is 8.11. The van der Waals surface area contributed by atoms with E-state index in [1.807, 2.05) is 7.05 Å². The second-order valence-corrected chi connectivity index (χ2v) is 7.04. The first-order valence-electron chi connectivity index (χ1n) is 7.90. The summed E-state index contributed by atoms with van der Waals surface area (Å²) in [6.45, 7) is 8.01. The summed E-state index contributed by atoms with van der Waals surface area (Å²) in [6.07, 6.45) is 0.981. The fraction of sp³-hybridized carbons (Fsp3) is 0.444. The SMILES string of the molecule is CN=C(NCCc1sc(C)nc1C)N(C)Cc1ccccc1C. The Balaban J connectivity index is 1.90. The van der Waals surface area contributed by atoms with Gasteiger partial charge in [0.2, 0.25) is 0 Å². The Labute approximate surface area is 143 Å². The lowest BCUT2D eigenvalue weighted by atomic mass is 10.1. The fourth-order valence-corrected chi connectivity index (χ4v) is 3.53. The van der Waals surface area contributed by atoms with Gasteiger partial charge in [-0.3, -0.25) is 4.99 Å². The van der Waals surface area contributed by atoms with Crippen molar-refractivity contribution in [1.29, 1.82) is 0 Å². The van der Waals surface area contributed by atoms with E-state index in [0.29, 0.717) is 0 Å². The molecule has 2 rings (SSSR count). The second-order valence-electron chi connectivity index (χ2n) is 5.75. The highest BCUT2D eigenvalue weighted by Gasteiger charge is 2.09. The summed E-state index contributed by atoms with van der Waals surface area (Å²) in [5, 5.41) is 4.59. The van der Waals surface area contributed by atoms with E-state index in [4.69, 9.17) is 0 Å². The standard InChI is InChI=1S/C18H26N4S/c1-13-8-6-7-9-16(13)12-22(5)18(19-4)20-11-10-17-14(2)21-15(3)23-17/h6-9H,10-12H2,1-5H3,(H,19,20). The number of aliphatic imine (C=N–C) groups is 1. The minimum Gasteiger partial charge on any atom is -0.356 e. The van der Waals surface area contributed by atoms with Crippen molar-refractivity contribution in [1.82, 2.24) is 15.2 Å². The summed E-state index contributed by atoms with van der Waals surface area (Å²) in [5.74, 6) is 0.923. The molecular weight excluding hydrogens is 304 g/mol. The molecule has 2 aromatic rings. The molecule has 23 heavy (non-hydrogen) atoms. The van der Waals surface area contributed by atoms with Crippen LogP contribution in [-0.4, -0.2) is 36.5 Å². The maximum absolute atomic E-state index is 4.48. The van der Waals surface area contributed by atoms with Gasteiger partial charge >= 0.3 is 0 Å². The van der Waals surface area contributed by atoms with Crippen LogP contribution in [0.2, 0.25) is 0 Å². The molecule has 0 bridgehead atoms. The van der Waals surface area contributed by atoms with E-state index >= 15 is 0 Å². The minimum atomic E-state index is 0.852. The quantitative estimate of drug-likeness (QED) is 0.675. The summed E-state index contributed by atoms with van der Waals surface area (Å²) in [4.78, 5) is 12.4. The number of benzene rings is 1. The molecule has 124 valence electrons. The molecule has 0 saturated heterocycles. The molecule has 1 heterocycles. The summed E-state index contributed by atoms with van der Waals surface area (Å²) < 4.78 is 0. The van der Waals surface area contributed by atoms with Gasteiger partial charge in [-0.05, 0) is 31.9 Å². The lowest BCUT2D eigenvalue weighted by Crippen LogP contribution is -2.39. The zero-order valence-corrected chi connectivity index (χ0v) is 15.5. The number of aryl methyl sites for hydroxylation is 3. The van der Waals surface area contributed by atoms with Gasteiger partial charge in [0.25, 0.3) is 0 Å². The molecule has 0 aliphatic heterocycles. The molecule has 0 atom stereocenters. The van der Waals surface area contributed by atoms with Crippen molar-refractivity contribution < 1.29 is 0 Å². The normalized spacial score (nSPS) is 11.6. The van der Waals surface area contributed by atoms with Gasteiger partial charge in [0.15, 0.2) is 5.96 Å². The van der Waals surface area contributed by atoms with Gasteiger partial charge in [-0.15, -0.1) is 11.3 Å². The van der Waals surface area contributed by atoms with Gasteiger partial charge < -0.3 is 10.2 Å². The van der Waals surface area contributed by atoms with Crippen molar-refractivity contribution in [2.45, 2.75) is 33.7 Å². The van der Waals surface area contributed by atoms with Crippen LogP contribution >= 0.6 is 11.3 Å². The monoisotopic (exact) mass is 330 g/mol. The molecule has 1 aromatic carbocycles. The molecular formula is C18H26N4S. The zero-order valence-electron chi connectivity index (χ0n) is 14.7. The van der Waals surface area contributed by atoms with Crippen molar-refractivity contribution >= 4 is 17.3 Å². The van der Waals surface area contributed by atoms with Gasteiger partial charge in [0, 0.05) is 38.5 Å². The Bertz CT molecular complexity index is 675. The molecule has 5 heteroatoms. The molecule has 0 unspecified atom stereocenters. The van der Waals surface area contributed by atoms with Crippen LogP contribution < -0.4 is 5.32 Å². The average Bonchev–Trinajstić information content (AvgIpc) is 2.84. The molecule has 1 N–H and O–H groups in total.